The lowest BCUT2D eigenvalue weighted by Gasteiger charge is -2.30. The highest BCUT2D eigenvalue weighted by molar-refractivity contribution is 7.12. The van der Waals surface area contributed by atoms with Gasteiger partial charge >= 0.3 is 0 Å². The summed E-state index contributed by atoms with van der Waals surface area (Å²) in [4.78, 5) is 5.69. The van der Waals surface area contributed by atoms with Crippen molar-refractivity contribution in [3.63, 3.8) is 0 Å². The van der Waals surface area contributed by atoms with Crippen molar-refractivity contribution in [2.45, 2.75) is 51.1 Å². The summed E-state index contributed by atoms with van der Waals surface area (Å²) in [6.07, 6.45) is 6.79. The van der Waals surface area contributed by atoms with Crippen LogP contribution in [0.25, 0.3) is 0 Å². The van der Waals surface area contributed by atoms with E-state index in [0.717, 1.165) is 24.9 Å². The normalized spacial score (nSPS) is 21.5. The third-order valence-electron chi connectivity index (χ3n) is 4.16. The van der Waals surface area contributed by atoms with Crippen LogP contribution in [0.3, 0.4) is 0 Å². The van der Waals surface area contributed by atoms with Gasteiger partial charge in [-0.25, -0.2) is 0 Å². The van der Waals surface area contributed by atoms with E-state index < -0.39 is 0 Å². The Bertz CT molecular complexity index is 393. The Morgan fingerprint density at radius 1 is 1.33 bits per heavy atom. The van der Waals surface area contributed by atoms with E-state index in [2.05, 4.69) is 24.0 Å². The largest absolute Gasteiger partial charge is 0.329 e. The fourth-order valence-corrected chi connectivity index (χ4v) is 3.80. The second-order valence-electron chi connectivity index (χ2n) is 5.78. The van der Waals surface area contributed by atoms with E-state index in [0.29, 0.717) is 6.04 Å². The third kappa shape index (κ3) is 2.79. The number of hydrogen-bond acceptors (Lipinski definition) is 3. The zero-order valence-electron chi connectivity index (χ0n) is 11.3. The standard InChI is InChI=1S/C15H24N2S/c1-2-13-7-8-15(18-13)14(9-16)17(12-5-6-12)10-11-3-4-11/h7-8,11-12,14H,2-6,9-10,16H2,1H3. The van der Waals surface area contributed by atoms with Crippen LogP contribution >= 0.6 is 11.3 Å². The first-order valence-corrected chi connectivity index (χ1v) is 8.18. The van der Waals surface area contributed by atoms with Crippen LogP contribution in [0.5, 0.6) is 0 Å². The molecule has 2 nitrogen and oxygen atoms in total. The summed E-state index contributed by atoms with van der Waals surface area (Å²) < 4.78 is 0. The zero-order chi connectivity index (χ0) is 12.5. The molecular formula is C15H24N2S. The Morgan fingerprint density at radius 3 is 2.61 bits per heavy atom. The molecule has 1 atom stereocenters. The summed E-state index contributed by atoms with van der Waals surface area (Å²) in [7, 11) is 0. The van der Waals surface area contributed by atoms with Gasteiger partial charge in [-0.15, -0.1) is 11.3 Å². The van der Waals surface area contributed by atoms with Crippen LogP contribution in [0.1, 0.15) is 48.4 Å². The monoisotopic (exact) mass is 264 g/mol. The summed E-state index contributed by atoms with van der Waals surface area (Å²) in [6, 6.07) is 5.89. The van der Waals surface area contributed by atoms with Gasteiger partial charge in [0.15, 0.2) is 0 Å². The number of thiophene rings is 1. The number of nitrogens with zero attached hydrogens (tertiary/aromatic N) is 1. The molecule has 0 aromatic carbocycles. The molecule has 1 heterocycles. The fourth-order valence-electron chi connectivity index (χ4n) is 2.71. The van der Waals surface area contributed by atoms with Crippen LogP contribution < -0.4 is 5.73 Å². The van der Waals surface area contributed by atoms with E-state index in [9.17, 15) is 0 Å². The van der Waals surface area contributed by atoms with Crippen LogP contribution in [-0.4, -0.2) is 24.0 Å². The van der Waals surface area contributed by atoms with Gasteiger partial charge < -0.3 is 5.73 Å². The van der Waals surface area contributed by atoms with Gasteiger partial charge in [0, 0.05) is 28.9 Å². The van der Waals surface area contributed by atoms with Crippen molar-refractivity contribution in [1.29, 1.82) is 0 Å². The molecule has 0 aliphatic heterocycles. The Morgan fingerprint density at radius 2 is 2.11 bits per heavy atom. The molecule has 2 fully saturated rings. The minimum absolute atomic E-state index is 0.475. The van der Waals surface area contributed by atoms with Gasteiger partial charge in [-0.3, -0.25) is 4.90 Å². The Kier molecular flexibility index (Phi) is 3.73. The summed E-state index contributed by atoms with van der Waals surface area (Å²) in [5.74, 6) is 0.963. The van der Waals surface area contributed by atoms with Crippen molar-refractivity contribution in [3.05, 3.63) is 21.9 Å². The first kappa shape index (κ1) is 12.6. The van der Waals surface area contributed by atoms with Crippen LogP contribution in [-0.2, 0) is 6.42 Å². The SMILES string of the molecule is CCc1ccc(C(CN)N(CC2CC2)C2CC2)s1. The molecule has 0 amide bonds. The number of aryl methyl sites for hydroxylation is 1. The fraction of sp³-hybridized carbons (Fsp3) is 0.733. The van der Waals surface area contributed by atoms with E-state index >= 15 is 0 Å². The first-order chi connectivity index (χ1) is 8.81. The molecule has 100 valence electrons. The van der Waals surface area contributed by atoms with Gasteiger partial charge in [-0.2, -0.15) is 0 Å². The average molecular weight is 264 g/mol. The Balaban J connectivity index is 1.75. The van der Waals surface area contributed by atoms with Crippen molar-refractivity contribution < 1.29 is 0 Å². The molecule has 2 N–H and O–H groups in total. The van der Waals surface area contributed by atoms with Gasteiger partial charge in [0.25, 0.3) is 0 Å². The maximum Gasteiger partial charge on any atom is 0.0566 e. The summed E-state index contributed by atoms with van der Waals surface area (Å²) in [5.41, 5.74) is 6.08. The molecule has 2 saturated carbocycles. The molecular weight excluding hydrogens is 240 g/mol. The van der Waals surface area contributed by atoms with Gasteiger partial charge in [0.2, 0.25) is 0 Å². The van der Waals surface area contributed by atoms with Crippen LogP contribution in [0.15, 0.2) is 12.1 Å². The van der Waals surface area contributed by atoms with Crippen molar-refractivity contribution in [1.82, 2.24) is 4.90 Å². The van der Waals surface area contributed by atoms with E-state index in [1.54, 1.807) is 0 Å². The van der Waals surface area contributed by atoms with E-state index in [4.69, 9.17) is 5.73 Å². The van der Waals surface area contributed by atoms with Gasteiger partial charge in [0.1, 0.15) is 0 Å². The summed E-state index contributed by atoms with van der Waals surface area (Å²) in [6.45, 7) is 4.29. The van der Waals surface area contributed by atoms with Gasteiger partial charge in [-0.1, -0.05) is 6.92 Å². The third-order valence-corrected chi connectivity index (χ3v) is 5.50. The maximum atomic E-state index is 6.08. The quantitative estimate of drug-likeness (QED) is 0.819. The molecule has 2 aliphatic rings. The van der Waals surface area contributed by atoms with E-state index in [-0.39, 0.29) is 0 Å². The van der Waals surface area contributed by atoms with Crippen LogP contribution in [0.4, 0.5) is 0 Å². The molecule has 1 unspecified atom stereocenters. The van der Waals surface area contributed by atoms with Crippen molar-refractivity contribution in [2.75, 3.05) is 13.1 Å². The van der Waals surface area contributed by atoms with Crippen molar-refractivity contribution in [3.8, 4) is 0 Å². The van der Waals surface area contributed by atoms with Crippen LogP contribution in [0.2, 0.25) is 0 Å². The van der Waals surface area contributed by atoms with E-state index in [1.165, 1.54) is 42.0 Å². The van der Waals surface area contributed by atoms with Crippen molar-refractivity contribution in [2.24, 2.45) is 11.7 Å². The van der Waals surface area contributed by atoms with Crippen molar-refractivity contribution >= 4 is 11.3 Å². The molecule has 0 radical (unpaired) electrons. The second-order valence-corrected chi connectivity index (χ2v) is 6.98. The molecule has 0 saturated heterocycles. The van der Waals surface area contributed by atoms with Gasteiger partial charge in [0.05, 0.1) is 6.04 Å². The Hall–Kier alpha value is -0.380. The first-order valence-electron chi connectivity index (χ1n) is 7.36. The highest BCUT2D eigenvalue weighted by Gasteiger charge is 2.37. The predicted molar refractivity (Wildman–Crippen MR) is 77.9 cm³/mol. The lowest BCUT2D eigenvalue weighted by atomic mass is 10.1. The summed E-state index contributed by atoms with van der Waals surface area (Å²) >= 11 is 1.96. The number of nitrogens with two attached hydrogens (primary N) is 1. The summed E-state index contributed by atoms with van der Waals surface area (Å²) in [5, 5.41) is 0. The topological polar surface area (TPSA) is 29.3 Å². The second kappa shape index (κ2) is 5.32. The lowest BCUT2D eigenvalue weighted by molar-refractivity contribution is 0.185. The predicted octanol–water partition coefficient (Wildman–Crippen LogP) is 3.18. The van der Waals surface area contributed by atoms with Gasteiger partial charge in [-0.05, 0) is 50.2 Å². The molecule has 18 heavy (non-hydrogen) atoms. The Labute approximate surface area is 114 Å². The van der Waals surface area contributed by atoms with Crippen LogP contribution in [0, 0.1) is 5.92 Å². The molecule has 2 aliphatic carbocycles. The molecule has 0 bridgehead atoms. The average Bonchev–Trinajstić information content (AvgIpc) is 3.28. The molecule has 1 aromatic heterocycles. The lowest BCUT2D eigenvalue weighted by Crippen LogP contribution is -2.36. The number of rotatable bonds is 7. The zero-order valence-corrected chi connectivity index (χ0v) is 12.1. The maximum absolute atomic E-state index is 6.08. The smallest absolute Gasteiger partial charge is 0.0566 e. The molecule has 0 spiro atoms. The molecule has 3 heteroatoms. The molecule has 1 aromatic rings. The minimum Gasteiger partial charge on any atom is -0.329 e. The minimum atomic E-state index is 0.475. The molecule has 3 rings (SSSR count). The highest BCUT2D eigenvalue weighted by atomic mass is 32.1. The number of hydrogen-bond donors (Lipinski definition) is 1. The van der Waals surface area contributed by atoms with E-state index in [1.807, 2.05) is 11.3 Å². The highest BCUT2D eigenvalue weighted by Crippen LogP contribution is 2.40.